The van der Waals surface area contributed by atoms with Crippen molar-refractivity contribution in [1.29, 1.82) is 0 Å². The zero-order chi connectivity index (χ0) is 14.1. The van der Waals surface area contributed by atoms with Crippen LogP contribution in [0.5, 0.6) is 0 Å². The minimum Gasteiger partial charge on any atom is -0.392 e. The molecule has 18 heavy (non-hydrogen) atoms. The summed E-state index contributed by atoms with van der Waals surface area (Å²) in [5.74, 6) is 0. The van der Waals surface area contributed by atoms with E-state index in [1.165, 1.54) is 6.92 Å². The number of sulfonamides is 1. The highest BCUT2D eigenvalue weighted by atomic mass is 79.9. The Hall–Kier alpha value is -0.180. The van der Waals surface area contributed by atoms with Crippen molar-refractivity contribution in [2.75, 3.05) is 4.72 Å². The average molecular weight is 416 g/mol. The Kier molecular flexibility index (Phi) is 5.16. The number of thiocarbonyl (C=S) groups is 1. The molecule has 0 saturated heterocycles. The van der Waals surface area contributed by atoms with Gasteiger partial charge in [0.05, 0.1) is 10.7 Å². The first-order valence-electron chi connectivity index (χ1n) is 4.91. The van der Waals surface area contributed by atoms with Crippen LogP contribution in [-0.2, 0) is 10.0 Å². The molecule has 1 atom stereocenters. The Morgan fingerprint density at radius 2 is 1.83 bits per heavy atom. The number of aryl methyl sites for hydroxylation is 1. The lowest BCUT2D eigenvalue weighted by atomic mass is 10.2. The van der Waals surface area contributed by atoms with E-state index in [0.29, 0.717) is 14.6 Å². The largest absolute Gasteiger partial charge is 0.392 e. The molecule has 0 saturated carbocycles. The minimum atomic E-state index is -3.65. The van der Waals surface area contributed by atoms with Gasteiger partial charge in [-0.05, 0) is 63.4 Å². The first-order chi connectivity index (χ1) is 8.15. The smallest absolute Gasteiger partial charge is 0.241 e. The van der Waals surface area contributed by atoms with Crippen LogP contribution in [0.25, 0.3) is 0 Å². The average Bonchev–Trinajstić information content (AvgIpc) is 2.22. The van der Waals surface area contributed by atoms with E-state index in [-0.39, 0.29) is 4.99 Å². The fourth-order valence-electron chi connectivity index (χ4n) is 1.18. The Balaban J connectivity index is 3.17. The van der Waals surface area contributed by atoms with Crippen LogP contribution in [-0.4, -0.2) is 18.7 Å². The molecule has 3 N–H and O–H groups in total. The normalized spacial score (nSPS) is 13.1. The van der Waals surface area contributed by atoms with Gasteiger partial charge in [0, 0.05) is 8.95 Å². The number of hydrogen-bond donors (Lipinski definition) is 2. The SMILES string of the molecule is Cc1cc(Br)c(NS(=O)(=O)C(C)C(N)=S)c(Br)c1. The summed E-state index contributed by atoms with van der Waals surface area (Å²) >= 11 is 11.3. The molecule has 0 amide bonds. The van der Waals surface area contributed by atoms with Crippen LogP contribution < -0.4 is 10.5 Å². The van der Waals surface area contributed by atoms with Crippen molar-refractivity contribution < 1.29 is 8.42 Å². The topological polar surface area (TPSA) is 72.2 Å². The van der Waals surface area contributed by atoms with Crippen molar-refractivity contribution in [3.8, 4) is 0 Å². The first kappa shape index (κ1) is 15.9. The van der Waals surface area contributed by atoms with Crippen molar-refractivity contribution in [3.63, 3.8) is 0 Å². The summed E-state index contributed by atoms with van der Waals surface area (Å²) in [5, 5.41) is -0.937. The van der Waals surface area contributed by atoms with E-state index in [4.69, 9.17) is 18.0 Å². The first-order valence-corrected chi connectivity index (χ1v) is 8.46. The number of anilines is 1. The number of hydrogen-bond acceptors (Lipinski definition) is 3. The molecule has 1 aromatic carbocycles. The zero-order valence-corrected chi connectivity index (χ0v) is 14.5. The highest BCUT2D eigenvalue weighted by molar-refractivity contribution is 9.11. The lowest BCUT2D eigenvalue weighted by Crippen LogP contribution is -2.35. The Morgan fingerprint density at radius 1 is 1.39 bits per heavy atom. The van der Waals surface area contributed by atoms with Crippen LogP contribution in [0, 0.1) is 6.92 Å². The maximum absolute atomic E-state index is 12.0. The predicted molar refractivity (Wildman–Crippen MR) is 85.4 cm³/mol. The number of benzene rings is 1. The standard InChI is InChI=1S/C10H12Br2N2O2S2/c1-5-3-7(11)9(8(12)4-5)14-18(15,16)6(2)10(13)17/h3-4,6,14H,1-2H3,(H2,13,17). The van der Waals surface area contributed by atoms with Gasteiger partial charge >= 0.3 is 0 Å². The van der Waals surface area contributed by atoms with Gasteiger partial charge in [-0.15, -0.1) is 0 Å². The molecule has 0 bridgehead atoms. The molecule has 0 radical (unpaired) electrons. The molecular weight excluding hydrogens is 404 g/mol. The summed E-state index contributed by atoms with van der Waals surface area (Å²) in [4.78, 5) is -0.0677. The quantitative estimate of drug-likeness (QED) is 0.741. The molecule has 100 valence electrons. The van der Waals surface area contributed by atoms with E-state index < -0.39 is 15.3 Å². The van der Waals surface area contributed by atoms with Crippen LogP contribution in [0.4, 0.5) is 5.69 Å². The fourth-order valence-corrected chi connectivity index (χ4v) is 4.42. The molecular formula is C10H12Br2N2O2S2. The van der Waals surface area contributed by atoms with E-state index >= 15 is 0 Å². The zero-order valence-electron chi connectivity index (χ0n) is 9.70. The van der Waals surface area contributed by atoms with Crippen LogP contribution in [0.1, 0.15) is 12.5 Å². The molecule has 0 fully saturated rings. The van der Waals surface area contributed by atoms with Crippen molar-refractivity contribution >= 4 is 64.8 Å². The van der Waals surface area contributed by atoms with Gasteiger partial charge < -0.3 is 5.73 Å². The molecule has 1 aromatic rings. The lowest BCUT2D eigenvalue weighted by Gasteiger charge is -2.16. The summed E-state index contributed by atoms with van der Waals surface area (Å²) in [6.45, 7) is 3.35. The van der Waals surface area contributed by atoms with Crippen molar-refractivity contribution in [2.45, 2.75) is 19.1 Å². The second-order valence-electron chi connectivity index (χ2n) is 3.80. The summed E-state index contributed by atoms with van der Waals surface area (Å²) < 4.78 is 27.8. The molecule has 0 heterocycles. The molecule has 0 spiro atoms. The van der Waals surface area contributed by atoms with E-state index in [1.807, 2.05) is 19.1 Å². The summed E-state index contributed by atoms with van der Waals surface area (Å²) in [6.07, 6.45) is 0. The molecule has 0 aliphatic heterocycles. The summed E-state index contributed by atoms with van der Waals surface area (Å²) in [6, 6.07) is 3.63. The van der Waals surface area contributed by atoms with Crippen LogP contribution in [0.15, 0.2) is 21.1 Å². The van der Waals surface area contributed by atoms with Gasteiger partial charge in [0.25, 0.3) is 0 Å². The molecule has 1 unspecified atom stereocenters. The fraction of sp³-hybridized carbons (Fsp3) is 0.300. The predicted octanol–water partition coefficient (Wildman–Crippen LogP) is 2.94. The third-order valence-corrected chi connectivity index (χ3v) is 5.72. The highest BCUT2D eigenvalue weighted by Gasteiger charge is 2.24. The molecule has 0 aliphatic rings. The monoisotopic (exact) mass is 414 g/mol. The molecule has 8 heteroatoms. The highest BCUT2D eigenvalue weighted by Crippen LogP contribution is 2.33. The van der Waals surface area contributed by atoms with Crippen molar-refractivity contribution in [2.24, 2.45) is 5.73 Å². The van der Waals surface area contributed by atoms with E-state index in [2.05, 4.69) is 36.6 Å². The molecule has 0 aromatic heterocycles. The Morgan fingerprint density at radius 3 is 2.22 bits per heavy atom. The summed E-state index contributed by atoms with van der Waals surface area (Å²) in [5.41, 5.74) is 6.80. The van der Waals surface area contributed by atoms with Crippen molar-refractivity contribution in [1.82, 2.24) is 0 Å². The van der Waals surface area contributed by atoms with Gasteiger partial charge in [0.2, 0.25) is 10.0 Å². The van der Waals surface area contributed by atoms with E-state index in [1.54, 1.807) is 0 Å². The minimum absolute atomic E-state index is 0.0677. The van der Waals surface area contributed by atoms with Gasteiger partial charge in [-0.2, -0.15) is 0 Å². The number of nitrogens with two attached hydrogens (primary N) is 1. The Labute approximate surface area is 129 Å². The van der Waals surface area contributed by atoms with Gasteiger partial charge in [-0.25, -0.2) is 8.42 Å². The lowest BCUT2D eigenvalue weighted by molar-refractivity contribution is 0.598. The number of halogens is 2. The molecule has 4 nitrogen and oxygen atoms in total. The van der Waals surface area contributed by atoms with Gasteiger partial charge in [0.1, 0.15) is 5.25 Å². The maximum atomic E-state index is 12.0. The number of nitrogens with one attached hydrogen (secondary N) is 1. The third kappa shape index (κ3) is 3.66. The van der Waals surface area contributed by atoms with Gasteiger partial charge in [-0.3, -0.25) is 4.72 Å². The van der Waals surface area contributed by atoms with E-state index in [9.17, 15) is 8.42 Å². The van der Waals surface area contributed by atoms with E-state index in [0.717, 1.165) is 5.56 Å². The Bertz CT molecular complexity index is 565. The third-order valence-electron chi connectivity index (χ3n) is 2.30. The van der Waals surface area contributed by atoms with Crippen LogP contribution >= 0.6 is 44.1 Å². The second kappa shape index (κ2) is 5.85. The van der Waals surface area contributed by atoms with Crippen LogP contribution in [0.2, 0.25) is 0 Å². The molecule has 1 rings (SSSR count). The van der Waals surface area contributed by atoms with Crippen LogP contribution in [0.3, 0.4) is 0 Å². The maximum Gasteiger partial charge on any atom is 0.241 e. The van der Waals surface area contributed by atoms with Gasteiger partial charge in [0.15, 0.2) is 0 Å². The van der Waals surface area contributed by atoms with Crippen molar-refractivity contribution in [3.05, 3.63) is 26.6 Å². The summed E-state index contributed by atoms with van der Waals surface area (Å²) in [7, 11) is -3.65. The second-order valence-corrected chi connectivity index (χ2v) is 7.98. The number of rotatable bonds is 4. The van der Waals surface area contributed by atoms with Gasteiger partial charge in [-0.1, -0.05) is 12.2 Å². The molecule has 0 aliphatic carbocycles.